The quantitative estimate of drug-likeness (QED) is 0.907. The molecule has 0 aromatic heterocycles. The summed E-state index contributed by atoms with van der Waals surface area (Å²) in [6, 6.07) is 9.20. The first-order valence-electron chi connectivity index (χ1n) is 7.07. The van der Waals surface area contributed by atoms with Gasteiger partial charge in [0.15, 0.2) is 0 Å². The molecule has 0 spiro atoms. The third-order valence-electron chi connectivity index (χ3n) is 4.08. The van der Waals surface area contributed by atoms with E-state index in [0.717, 1.165) is 45.3 Å². The maximum atomic E-state index is 5.39. The van der Waals surface area contributed by atoms with E-state index in [-0.39, 0.29) is 24.8 Å². The van der Waals surface area contributed by atoms with Crippen LogP contribution in [-0.2, 0) is 4.74 Å². The van der Waals surface area contributed by atoms with Gasteiger partial charge in [0.05, 0.1) is 13.2 Å². The standard InChI is InChI=1S/C15H22N2O.2ClH/c1-3-15(17-9-11-18-12-10-17)4-2-13(1)14-5-7-16-8-6-14;;/h1-4,14,16H,5-12H2;2*1H. The Morgan fingerprint density at radius 3 is 2.15 bits per heavy atom. The van der Waals surface area contributed by atoms with Gasteiger partial charge in [0.25, 0.3) is 0 Å². The van der Waals surface area contributed by atoms with E-state index in [2.05, 4.69) is 34.5 Å². The summed E-state index contributed by atoms with van der Waals surface area (Å²) < 4.78 is 5.39. The Hall–Kier alpha value is -0.480. The van der Waals surface area contributed by atoms with E-state index < -0.39 is 0 Å². The van der Waals surface area contributed by atoms with Gasteiger partial charge in [-0.25, -0.2) is 0 Å². The lowest BCUT2D eigenvalue weighted by Gasteiger charge is -2.29. The van der Waals surface area contributed by atoms with Gasteiger partial charge < -0.3 is 15.0 Å². The van der Waals surface area contributed by atoms with Gasteiger partial charge in [-0.15, -0.1) is 24.8 Å². The van der Waals surface area contributed by atoms with Gasteiger partial charge in [-0.3, -0.25) is 0 Å². The third kappa shape index (κ3) is 4.26. The Morgan fingerprint density at radius 2 is 1.55 bits per heavy atom. The van der Waals surface area contributed by atoms with Crippen molar-refractivity contribution in [1.82, 2.24) is 5.32 Å². The predicted octanol–water partition coefficient (Wildman–Crippen LogP) is 2.83. The highest BCUT2D eigenvalue weighted by molar-refractivity contribution is 5.85. The first-order valence-corrected chi connectivity index (χ1v) is 7.07. The largest absolute Gasteiger partial charge is 0.378 e. The average molecular weight is 319 g/mol. The van der Waals surface area contributed by atoms with Crippen LogP contribution >= 0.6 is 24.8 Å². The summed E-state index contributed by atoms with van der Waals surface area (Å²) in [5.74, 6) is 0.755. The summed E-state index contributed by atoms with van der Waals surface area (Å²) in [5.41, 5.74) is 2.85. The highest BCUT2D eigenvalue weighted by Crippen LogP contribution is 2.27. The second-order valence-electron chi connectivity index (χ2n) is 5.22. The van der Waals surface area contributed by atoms with Gasteiger partial charge in [0.1, 0.15) is 0 Å². The molecule has 2 saturated heterocycles. The number of piperidine rings is 1. The van der Waals surface area contributed by atoms with Crippen LogP contribution in [0.1, 0.15) is 24.3 Å². The number of ether oxygens (including phenoxy) is 1. The molecule has 0 bridgehead atoms. The Labute approximate surface area is 133 Å². The first-order chi connectivity index (χ1) is 8.93. The summed E-state index contributed by atoms with van der Waals surface area (Å²) in [5, 5.41) is 3.43. The van der Waals surface area contributed by atoms with E-state index >= 15 is 0 Å². The second-order valence-corrected chi connectivity index (χ2v) is 5.22. The Morgan fingerprint density at radius 1 is 0.950 bits per heavy atom. The molecular formula is C15H24Cl2N2O. The molecule has 0 saturated carbocycles. The van der Waals surface area contributed by atoms with Crippen molar-refractivity contribution < 1.29 is 4.74 Å². The van der Waals surface area contributed by atoms with E-state index in [1.807, 2.05) is 0 Å². The number of halogens is 2. The summed E-state index contributed by atoms with van der Waals surface area (Å²) in [6.07, 6.45) is 2.55. The van der Waals surface area contributed by atoms with Crippen LogP contribution in [0, 0.1) is 0 Å². The van der Waals surface area contributed by atoms with Crippen LogP contribution in [0.15, 0.2) is 24.3 Å². The average Bonchev–Trinajstić information content (AvgIpc) is 2.49. The lowest BCUT2D eigenvalue weighted by molar-refractivity contribution is 0.122. The molecule has 0 aliphatic carbocycles. The SMILES string of the molecule is Cl.Cl.c1cc(N2CCOCC2)ccc1C1CCNCC1. The minimum atomic E-state index is 0. The van der Waals surface area contributed by atoms with Crippen molar-refractivity contribution in [3.05, 3.63) is 29.8 Å². The van der Waals surface area contributed by atoms with Crippen LogP contribution in [0.2, 0.25) is 0 Å². The first kappa shape index (κ1) is 17.6. The molecular weight excluding hydrogens is 295 g/mol. The van der Waals surface area contributed by atoms with Gasteiger partial charge >= 0.3 is 0 Å². The number of hydrogen-bond acceptors (Lipinski definition) is 3. The zero-order valence-electron chi connectivity index (χ0n) is 11.7. The summed E-state index contributed by atoms with van der Waals surface area (Å²) >= 11 is 0. The van der Waals surface area contributed by atoms with Gasteiger partial charge in [-0.05, 0) is 49.5 Å². The van der Waals surface area contributed by atoms with Crippen molar-refractivity contribution in [2.75, 3.05) is 44.3 Å². The van der Waals surface area contributed by atoms with E-state index in [9.17, 15) is 0 Å². The van der Waals surface area contributed by atoms with Crippen LogP contribution < -0.4 is 10.2 Å². The molecule has 0 atom stereocenters. The topological polar surface area (TPSA) is 24.5 Å². The molecule has 2 fully saturated rings. The Bertz CT molecular complexity index is 337. The van der Waals surface area contributed by atoms with E-state index in [0.29, 0.717) is 0 Å². The van der Waals surface area contributed by atoms with Crippen molar-refractivity contribution in [3.63, 3.8) is 0 Å². The normalized spacial score (nSPS) is 19.9. The van der Waals surface area contributed by atoms with E-state index in [4.69, 9.17) is 4.74 Å². The maximum Gasteiger partial charge on any atom is 0.0642 e. The number of morpholine rings is 1. The van der Waals surface area contributed by atoms with Gasteiger partial charge in [-0.1, -0.05) is 12.1 Å². The molecule has 2 aliphatic rings. The zero-order valence-corrected chi connectivity index (χ0v) is 13.3. The molecule has 3 rings (SSSR count). The minimum absolute atomic E-state index is 0. The fourth-order valence-corrected chi connectivity index (χ4v) is 2.93. The number of rotatable bonds is 2. The molecule has 20 heavy (non-hydrogen) atoms. The van der Waals surface area contributed by atoms with Gasteiger partial charge in [-0.2, -0.15) is 0 Å². The lowest BCUT2D eigenvalue weighted by Crippen LogP contribution is -2.36. The third-order valence-corrected chi connectivity index (χ3v) is 4.08. The monoisotopic (exact) mass is 318 g/mol. The number of anilines is 1. The fraction of sp³-hybridized carbons (Fsp3) is 0.600. The van der Waals surface area contributed by atoms with Crippen molar-refractivity contribution >= 4 is 30.5 Å². The van der Waals surface area contributed by atoms with E-state index in [1.54, 1.807) is 0 Å². The summed E-state index contributed by atoms with van der Waals surface area (Å²) in [7, 11) is 0. The fourth-order valence-electron chi connectivity index (χ4n) is 2.93. The number of nitrogens with one attached hydrogen (secondary N) is 1. The maximum absolute atomic E-state index is 5.39. The number of nitrogens with zero attached hydrogens (tertiary/aromatic N) is 1. The van der Waals surface area contributed by atoms with Crippen LogP contribution in [0.25, 0.3) is 0 Å². The number of benzene rings is 1. The minimum Gasteiger partial charge on any atom is -0.378 e. The van der Waals surface area contributed by atoms with Crippen molar-refractivity contribution in [1.29, 1.82) is 0 Å². The van der Waals surface area contributed by atoms with Crippen molar-refractivity contribution in [2.24, 2.45) is 0 Å². The molecule has 114 valence electrons. The predicted molar refractivity (Wildman–Crippen MR) is 88.8 cm³/mol. The highest BCUT2D eigenvalue weighted by atomic mass is 35.5. The van der Waals surface area contributed by atoms with Crippen molar-refractivity contribution in [2.45, 2.75) is 18.8 Å². The van der Waals surface area contributed by atoms with Crippen LogP contribution in [0.3, 0.4) is 0 Å². The van der Waals surface area contributed by atoms with Crippen molar-refractivity contribution in [3.8, 4) is 0 Å². The molecule has 0 radical (unpaired) electrons. The lowest BCUT2D eigenvalue weighted by atomic mass is 9.90. The van der Waals surface area contributed by atoms with Gasteiger partial charge in [0.2, 0.25) is 0 Å². The Balaban J connectivity index is 0.000001000. The van der Waals surface area contributed by atoms with Crippen LogP contribution in [0.4, 0.5) is 5.69 Å². The van der Waals surface area contributed by atoms with Crippen LogP contribution in [-0.4, -0.2) is 39.4 Å². The molecule has 0 unspecified atom stereocenters. The summed E-state index contributed by atoms with van der Waals surface area (Å²) in [4.78, 5) is 2.41. The molecule has 1 aromatic rings. The molecule has 2 aliphatic heterocycles. The molecule has 3 nitrogen and oxygen atoms in total. The van der Waals surface area contributed by atoms with Gasteiger partial charge in [0, 0.05) is 18.8 Å². The molecule has 0 amide bonds. The molecule has 5 heteroatoms. The smallest absolute Gasteiger partial charge is 0.0642 e. The highest BCUT2D eigenvalue weighted by Gasteiger charge is 2.16. The summed E-state index contributed by atoms with van der Waals surface area (Å²) in [6.45, 7) is 6.08. The Kier molecular flexibility index (Phi) is 7.67. The zero-order chi connectivity index (χ0) is 12.2. The molecule has 1 N–H and O–H groups in total. The van der Waals surface area contributed by atoms with Crippen LogP contribution in [0.5, 0.6) is 0 Å². The van der Waals surface area contributed by atoms with E-state index in [1.165, 1.54) is 24.1 Å². The molecule has 2 heterocycles. The second kappa shape index (κ2) is 8.73. The molecule has 1 aromatic carbocycles. The number of hydrogen-bond donors (Lipinski definition) is 1.